The van der Waals surface area contributed by atoms with E-state index in [-0.39, 0.29) is 0 Å². The monoisotopic (exact) mass is 204 g/mol. The highest BCUT2D eigenvalue weighted by molar-refractivity contribution is 7.98. The Morgan fingerprint density at radius 2 is 2.07 bits per heavy atom. The summed E-state index contributed by atoms with van der Waals surface area (Å²) in [6.45, 7) is 0. The maximum absolute atomic E-state index is 4.40. The van der Waals surface area contributed by atoms with Gasteiger partial charge in [-0.05, 0) is 12.3 Å². The topological polar surface area (TPSA) is 24.9 Å². The van der Waals surface area contributed by atoms with E-state index < -0.39 is 0 Å². The first-order chi connectivity index (χ1) is 6.86. The predicted molar refractivity (Wildman–Crippen MR) is 63.1 cm³/mol. The molecule has 3 heteroatoms. The maximum atomic E-state index is 4.40. The van der Waals surface area contributed by atoms with Gasteiger partial charge in [0.05, 0.1) is 11.2 Å². The van der Waals surface area contributed by atoms with E-state index in [0.717, 1.165) is 5.52 Å². The van der Waals surface area contributed by atoms with Gasteiger partial charge in [0.1, 0.15) is 0 Å². The van der Waals surface area contributed by atoms with Crippen LogP contribution in [0.15, 0.2) is 35.4 Å². The first-order valence-corrected chi connectivity index (χ1v) is 5.68. The van der Waals surface area contributed by atoms with E-state index in [9.17, 15) is 0 Å². The third-order valence-electron chi connectivity index (χ3n) is 2.21. The molecule has 0 fully saturated rings. The summed E-state index contributed by atoms with van der Waals surface area (Å²) in [5, 5.41) is 4.41. The summed E-state index contributed by atoms with van der Waals surface area (Å²) in [6.07, 6.45) is 3.98. The zero-order valence-electron chi connectivity index (χ0n) is 8.24. The van der Waals surface area contributed by atoms with Crippen LogP contribution in [-0.2, 0) is 0 Å². The molecule has 0 saturated carbocycles. The fourth-order valence-electron chi connectivity index (χ4n) is 1.54. The van der Waals surface area contributed by atoms with Crippen molar-refractivity contribution in [1.29, 1.82) is 0 Å². The molecule has 1 N–H and O–H groups in total. The number of hydrogen-bond acceptors (Lipinski definition) is 3. The van der Waals surface area contributed by atoms with Crippen LogP contribution in [0.2, 0.25) is 0 Å². The zero-order chi connectivity index (χ0) is 9.97. The second-order valence-corrected chi connectivity index (χ2v) is 3.82. The third-order valence-corrected chi connectivity index (χ3v) is 2.96. The summed E-state index contributed by atoms with van der Waals surface area (Å²) in [6, 6.07) is 8.16. The third kappa shape index (κ3) is 1.44. The molecule has 0 saturated heterocycles. The van der Waals surface area contributed by atoms with Crippen molar-refractivity contribution in [1.82, 2.24) is 4.98 Å². The molecule has 1 aromatic carbocycles. The molecule has 1 heterocycles. The molecule has 2 aromatic rings. The lowest BCUT2D eigenvalue weighted by molar-refractivity contribution is 1.29. The molecule has 0 amide bonds. The van der Waals surface area contributed by atoms with Gasteiger partial charge in [0, 0.05) is 23.5 Å². The average molecular weight is 204 g/mol. The molecule has 14 heavy (non-hydrogen) atoms. The Labute approximate surface area is 87.7 Å². The average Bonchev–Trinajstić information content (AvgIpc) is 2.27. The Hall–Kier alpha value is -1.22. The van der Waals surface area contributed by atoms with Crippen LogP contribution in [0.1, 0.15) is 0 Å². The molecule has 0 atom stereocenters. The Kier molecular flexibility index (Phi) is 2.59. The number of anilines is 1. The second-order valence-electron chi connectivity index (χ2n) is 2.97. The van der Waals surface area contributed by atoms with Gasteiger partial charge in [0.25, 0.3) is 0 Å². The van der Waals surface area contributed by atoms with Gasteiger partial charge in [-0.25, -0.2) is 0 Å². The number of nitrogens with zero attached hydrogens (tertiary/aromatic N) is 1. The Morgan fingerprint density at radius 3 is 2.79 bits per heavy atom. The van der Waals surface area contributed by atoms with Crippen molar-refractivity contribution < 1.29 is 0 Å². The molecule has 0 bridgehead atoms. The lowest BCUT2D eigenvalue weighted by Crippen LogP contribution is -1.93. The number of fused-ring (bicyclic) bond motifs is 1. The number of rotatable bonds is 2. The number of pyridine rings is 1. The Bertz CT molecular complexity index is 454. The summed E-state index contributed by atoms with van der Waals surface area (Å²) >= 11 is 1.71. The van der Waals surface area contributed by atoms with Crippen LogP contribution < -0.4 is 5.32 Å². The molecule has 0 radical (unpaired) electrons. The summed E-state index contributed by atoms with van der Waals surface area (Å²) in [5.74, 6) is 0. The highest BCUT2D eigenvalue weighted by atomic mass is 32.2. The number of para-hydroxylation sites is 1. The van der Waals surface area contributed by atoms with Crippen molar-refractivity contribution >= 4 is 28.4 Å². The van der Waals surface area contributed by atoms with Crippen LogP contribution in [0.3, 0.4) is 0 Å². The highest BCUT2D eigenvalue weighted by Crippen LogP contribution is 2.30. The molecule has 0 aliphatic carbocycles. The van der Waals surface area contributed by atoms with Gasteiger partial charge in [-0.1, -0.05) is 18.2 Å². The number of benzene rings is 1. The smallest absolute Gasteiger partial charge is 0.0723 e. The molecule has 2 nitrogen and oxygen atoms in total. The van der Waals surface area contributed by atoms with E-state index in [4.69, 9.17) is 0 Å². The molecule has 0 aliphatic rings. The minimum Gasteiger partial charge on any atom is -0.387 e. The highest BCUT2D eigenvalue weighted by Gasteiger charge is 2.05. The van der Waals surface area contributed by atoms with Crippen molar-refractivity contribution in [2.24, 2.45) is 0 Å². The minimum atomic E-state index is 1.04. The summed E-state index contributed by atoms with van der Waals surface area (Å²) in [7, 11) is 1.95. The van der Waals surface area contributed by atoms with Crippen molar-refractivity contribution in [2.45, 2.75) is 4.90 Å². The zero-order valence-corrected chi connectivity index (χ0v) is 9.06. The molecular formula is C11H12N2S. The number of thioether (sulfide) groups is 1. The molecule has 1 aromatic heterocycles. The van der Waals surface area contributed by atoms with Crippen LogP contribution in [0, 0.1) is 0 Å². The molecule has 0 aliphatic heterocycles. The SMILES string of the molecule is CNc1c(SC)cnc2ccccc12. The van der Waals surface area contributed by atoms with Gasteiger partial charge in [-0.2, -0.15) is 0 Å². The lowest BCUT2D eigenvalue weighted by atomic mass is 10.2. The van der Waals surface area contributed by atoms with E-state index in [0.29, 0.717) is 0 Å². The number of hydrogen-bond donors (Lipinski definition) is 1. The van der Waals surface area contributed by atoms with Crippen LogP contribution >= 0.6 is 11.8 Å². The fraction of sp³-hybridized carbons (Fsp3) is 0.182. The van der Waals surface area contributed by atoms with Crippen molar-refractivity contribution in [3.63, 3.8) is 0 Å². The van der Waals surface area contributed by atoms with Crippen molar-refractivity contribution in [3.8, 4) is 0 Å². The number of aromatic nitrogens is 1. The van der Waals surface area contributed by atoms with Gasteiger partial charge < -0.3 is 5.32 Å². The van der Waals surface area contributed by atoms with E-state index in [1.165, 1.54) is 16.0 Å². The molecule has 2 rings (SSSR count). The van der Waals surface area contributed by atoms with Crippen LogP contribution in [0.5, 0.6) is 0 Å². The maximum Gasteiger partial charge on any atom is 0.0723 e. The molecule has 72 valence electrons. The van der Waals surface area contributed by atoms with Gasteiger partial charge in [0.15, 0.2) is 0 Å². The minimum absolute atomic E-state index is 1.04. The first kappa shape index (κ1) is 9.34. The van der Waals surface area contributed by atoms with Crippen molar-refractivity contribution in [3.05, 3.63) is 30.5 Å². The van der Waals surface area contributed by atoms with E-state index in [1.807, 2.05) is 31.4 Å². The number of nitrogens with one attached hydrogen (secondary N) is 1. The molecule has 0 unspecified atom stereocenters. The Balaban J connectivity index is 2.77. The predicted octanol–water partition coefficient (Wildman–Crippen LogP) is 3.00. The lowest BCUT2D eigenvalue weighted by Gasteiger charge is -2.09. The van der Waals surface area contributed by atoms with Crippen LogP contribution in [0.25, 0.3) is 10.9 Å². The quantitative estimate of drug-likeness (QED) is 0.761. The van der Waals surface area contributed by atoms with Gasteiger partial charge >= 0.3 is 0 Å². The van der Waals surface area contributed by atoms with E-state index in [1.54, 1.807) is 11.8 Å². The summed E-state index contributed by atoms with van der Waals surface area (Å²) < 4.78 is 0. The largest absolute Gasteiger partial charge is 0.387 e. The van der Waals surface area contributed by atoms with Gasteiger partial charge in [0.2, 0.25) is 0 Å². The summed E-state index contributed by atoms with van der Waals surface area (Å²) in [4.78, 5) is 5.59. The Morgan fingerprint density at radius 1 is 1.29 bits per heavy atom. The van der Waals surface area contributed by atoms with E-state index in [2.05, 4.69) is 22.6 Å². The van der Waals surface area contributed by atoms with Gasteiger partial charge in [-0.15, -0.1) is 11.8 Å². The standard InChI is InChI=1S/C11H12N2S/c1-12-11-8-5-3-4-6-9(8)13-7-10(11)14-2/h3-7H,1-2H3,(H,12,13). The molecule has 0 spiro atoms. The molecular weight excluding hydrogens is 192 g/mol. The van der Waals surface area contributed by atoms with Crippen LogP contribution in [-0.4, -0.2) is 18.3 Å². The van der Waals surface area contributed by atoms with Gasteiger partial charge in [-0.3, -0.25) is 4.98 Å². The fourth-order valence-corrected chi connectivity index (χ4v) is 2.11. The van der Waals surface area contributed by atoms with E-state index >= 15 is 0 Å². The van der Waals surface area contributed by atoms with Crippen molar-refractivity contribution in [2.75, 3.05) is 18.6 Å². The normalized spacial score (nSPS) is 10.4. The first-order valence-electron chi connectivity index (χ1n) is 4.46. The van der Waals surface area contributed by atoms with Crippen LogP contribution in [0.4, 0.5) is 5.69 Å². The summed E-state index contributed by atoms with van der Waals surface area (Å²) in [5.41, 5.74) is 2.21. The second kappa shape index (κ2) is 3.88.